The number of carbonyl (C=O) groups excluding carboxylic acids is 3. The normalized spacial score (nSPS) is 18.8. The van der Waals surface area contributed by atoms with Gasteiger partial charge in [-0.3, -0.25) is 4.79 Å². The lowest BCUT2D eigenvalue weighted by atomic mass is 10.0. The molecule has 2 aromatic rings. The lowest BCUT2D eigenvalue weighted by molar-refractivity contribution is 0.0223. The van der Waals surface area contributed by atoms with Crippen molar-refractivity contribution < 1.29 is 37.4 Å². The quantitative estimate of drug-likeness (QED) is 0.267. The highest BCUT2D eigenvalue weighted by Crippen LogP contribution is 2.39. The van der Waals surface area contributed by atoms with Crippen LogP contribution in [0.2, 0.25) is 0 Å². The Bertz CT molecular complexity index is 1550. The van der Waals surface area contributed by atoms with E-state index in [0.29, 0.717) is 13.0 Å². The number of rotatable bonds is 8. The Morgan fingerprint density at radius 1 is 1.07 bits per heavy atom. The van der Waals surface area contributed by atoms with Gasteiger partial charge in [-0.2, -0.15) is 0 Å². The standard InChI is InChI=1S/C33H43F2N3O7/c1-8-43-29(40)24-18-37(20-12-13-20)27-22(26(35)25(34)15-23(27)28(24)39)11-9-10-21-14-19(16-36-30(41)44-32(2,3)4)17-38(21)31(42)45-33(5,6)7/h9,11,15,18-21H,8,10,12-14,16-17H2,1-7H3,(H,36,41)/b11-9-/t19-,21?/m0/s1. The average molecular weight is 632 g/mol. The number of benzene rings is 1. The highest BCUT2D eigenvalue weighted by Gasteiger charge is 2.37. The van der Waals surface area contributed by atoms with E-state index in [-0.39, 0.29) is 59.6 Å². The molecule has 1 aromatic carbocycles. The summed E-state index contributed by atoms with van der Waals surface area (Å²) >= 11 is 0. The Labute approximate surface area is 261 Å². The number of nitrogens with one attached hydrogen (secondary N) is 1. The second-order valence-electron chi connectivity index (χ2n) is 13.6. The molecule has 1 aromatic heterocycles. The summed E-state index contributed by atoms with van der Waals surface area (Å²) in [6, 6.07) is 0.398. The van der Waals surface area contributed by atoms with Crippen molar-refractivity contribution in [2.24, 2.45) is 5.92 Å². The predicted molar refractivity (Wildman–Crippen MR) is 165 cm³/mol. The fourth-order valence-electron chi connectivity index (χ4n) is 5.46. The molecule has 2 atom stereocenters. The van der Waals surface area contributed by atoms with Crippen molar-refractivity contribution in [2.75, 3.05) is 19.7 Å². The second-order valence-corrected chi connectivity index (χ2v) is 13.6. The van der Waals surface area contributed by atoms with Crippen molar-refractivity contribution in [3.63, 3.8) is 0 Å². The van der Waals surface area contributed by atoms with Crippen LogP contribution in [0.15, 0.2) is 23.1 Å². The minimum absolute atomic E-state index is 0.0604. The van der Waals surface area contributed by atoms with Crippen LogP contribution in [0.5, 0.6) is 0 Å². The molecule has 45 heavy (non-hydrogen) atoms. The summed E-state index contributed by atoms with van der Waals surface area (Å²) in [5.41, 5.74) is -2.28. The molecule has 2 amide bonds. The van der Waals surface area contributed by atoms with Crippen LogP contribution >= 0.6 is 0 Å². The van der Waals surface area contributed by atoms with Gasteiger partial charge in [0.15, 0.2) is 11.6 Å². The molecule has 2 fully saturated rings. The monoisotopic (exact) mass is 631 g/mol. The fraction of sp³-hybridized carbons (Fsp3) is 0.576. The summed E-state index contributed by atoms with van der Waals surface area (Å²) in [6.07, 6.45) is 5.66. The van der Waals surface area contributed by atoms with Crippen LogP contribution < -0.4 is 10.7 Å². The van der Waals surface area contributed by atoms with E-state index in [4.69, 9.17) is 14.2 Å². The minimum atomic E-state index is -1.22. The first-order chi connectivity index (χ1) is 21.0. The van der Waals surface area contributed by atoms with E-state index >= 15 is 4.39 Å². The first-order valence-electron chi connectivity index (χ1n) is 15.4. The van der Waals surface area contributed by atoms with Gasteiger partial charge in [-0.15, -0.1) is 0 Å². The van der Waals surface area contributed by atoms with Crippen molar-refractivity contribution in [1.29, 1.82) is 0 Å². The van der Waals surface area contributed by atoms with Crippen LogP contribution in [-0.2, 0) is 14.2 Å². The van der Waals surface area contributed by atoms with E-state index in [1.54, 1.807) is 64.0 Å². The summed E-state index contributed by atoms with van der Waals surface area (Å²) in [5.74, 6) is -3.25. The molecule has 1 aliphatic carbocycles. The molecule has 246 valence electrons. The van der Waals surface area contributed by atoms with Gasteiger partial charge < -0.3 is 29.0 Å². The molecule has 4 rings (SSSR count). The number of amides is 2. The number of carbonyl (C=O) groups is 3. The molecule has 1 N–H and O–H groups in total. The largest absolute Gasteiger partial charge is 0.462 e. The van der Waals surface area contributed by atoms with Crippen LogP contribution in [0.1, 0.15) is 96.1 Å². The summed E-state index contributed by atoms with van der Waals surface area (Å²) in [5, 5.41) is 2.64. The Hall–Kier alpha value is -3.96. The van der Waals surface area contributed by atoms with Crippen LogP contribution in [0, 0.1) is 17.6 Å². The lowest BCUT2D eigenvalue weighted by Crippen LogP contribution is -2.40. The van der Waals surface area contributed by atoms with Gasteiger partial charge in [-0.1, -0.05) is 12.2 Å². The number of aromatic nitrogens is 1. The van der Waals surface area contributed by atoms with Crippen LogP contribution in [0.25, 0.3) is 17.0 Å². The van der Waals surface area contributed by atoms with E-state index in [2.05, 4.69) is 5.32 Å². The van der Waals surface area contributed by atoms with Crippen LogP contribution in [0.3, 0.4) is 0 Å². The topological polar surface area (TPSA) is 116 Å². The maximum Gasteiger partial charge on any atom is 0.410 e. The van der Waals surface area contributed by atoms with E-state index in [1.165, 1.54) is 12.3 Å². The predicted octanol–water partition coefficient (Wildman–Crippen LogP) is 6.34. The molecule has 1 saturated carbocycles. The molecule has 12 heteroatoms. The first kappa shape index (κ1) is 33.9. The molecule has 0 spiro atoms. The third kappa shape index (κ3) is 8.40. The molecule has 10 nitrogen and oxygen atoms in total. The maximum atomic E-state index is 15.4. The van der Waals surface area contributed by atoms with Gasteiger partial charge in [-0.05, 0) is 86.1 Å². The van der Waals surface area contributed by atoms with Crippen molar-refractivity contribution in [2.45, 2.75) is 97.4 Å². The number of nitrogens with zero attached hydrogens (tertiary/aromatic N) is 2. The molecule has 1 unspecified atom stereocenters. The van der Waals surface area contributed by atoms with Crippen LogP contribution in [-0.4, -0.2) is 64.6 Å². The third-order valence-corrected chi connectivity index (χ3v) is 7.43. The van der Waals surface area contributed by atoms with Gasteiger partial charge in [0, 0.05) is 36.9 Å². The SMILES string of the molecule is CCOC(=O)c1cn(C2CC2)c2c(/C=C\CC3C[C@@H](CNC(=O)OC(C)(C)C)CN3C(=O)OC(C)(C)C)c(F)c(F)cc2c1=O. The van der Waals surface area contributed by atoms with Crippen molar-refractivity contribution in [3.05, 3.63) is 51.3 Å². The summed E-state index contributed by atoms with van der Waals surface area (Å²) in [6.45, 7) is 12.9. The summed E-state index contributed by atoms with van der Waals surface area (Å²) < 4.78 is 47.9. The number of fused-ring (bicyclic) bond motifs is 1. The molecular formula is C33H43F2N3O7. The zero-order valence-corrected chi connectivity index (χ0v) is 27.0. The smallest absolute Gasteiger partial charge is 0.410 e. The maximum absolute atomic E-state index is 15.4. The van der Waals surface area contributed by atoms with E-state index in [9.17, 15) is 23.6 Å². The average Bonchev–Trinajstić information content (AvgIpc) is 3.68. The highest BCUT2D eigenvalue weighted by molar-refractivity contribution is 5.96. The van der Waals surface area contributed by atoms with Gasteiger partial charge in [-0.25, -0.2) is 23.2 Å². The van der Waals surface area contributed by atoms with Gasteiger partial charge in [0.1, 0.15) is 16.8 Å². The number of pyridine rings is 1. The Morgan fingerprint density at radius 3 is 2.33 bits per heavy atom. The number of halogens is 2. The van der Waals surface area contributed by atoms with Crippen molar-refractivity contribution in [3.8, 4) is 0 Å². The Morgan fingerprint density at radius 2 is 1.73 bits per heavy atom. The van der Waals surface area contributed by atoms with Crippen LogP contribution in [0.4, 0.5) is 18.4 Å². The summed E-state index contributed by atoms with van der Waals surface area (Å²) in [7, 11) is 0. The van der Waals surface area contributed by atoms with E-state index < -0.39 is 46.4 Å². The first-order valence-corrected chi connectivity index (χ1v) is 15.4. The number of esters is 1. The molecule has 0 radical (unpaired) electrons. The summed E-state index contributed by atoms with van der Waals surface area (Å²) in [4.78, 5) is 52.7. The Balaban J connectivity index is 1.63. The van der Waals surface area contributed by atoms with Gasteiger partial charge in [0.25, 0.3) is 0 Å². The Kier molecular flexibility index (Phi) is 9.94. The zero-order valence-electron chi connectivity index (χ0n) is 27.0. The lowest BCUT2D eigenvalue weighted by Gasteiger charge is -2.28. The number of alkyl carbamates (subject to hydrolysis) is 1. The fourth-order valence-corrected chi connectivity index (χ4v) is 5.46. The number of hydrogen-bond donors (Lipinski definition) is 1. The van der Waals surface area contributed by atoms with Gasteiger partial charge in [0.2, 0.25) is 5.43 Å². The van der Waals surface area contributed by atoms with Crippen molar-refractivity contribution >= 4 is 35.1 Å². The number of ether oxygens (including phenoxy) is 3. The van der Waals surface area contributed by atoms with Crippen molar-refractivity contribution in [1.82, 2.24) is 14.8 Å². The van der Waals surface area contributed by atoms with E-state index in [0.717, 1.165) is 18.9 Å². The minimum Gasteiger partial charge on any atom is -0.462 e. The molecule has 2 heterocycles. The number of hydrogen-bond acceptors (Lipinski definition) is 7. The van der Waals surface area contributed by atoms with Gasteiger partial charge >= 0.3 is 18.2 Å². The molecule has 1 aliphatic heterocycles. The molecule has 2 aliphatic rings. The third-order valence-electron chi connectivity index (χ3n) is 7.43. The molecule has 1 saturated heterocycles. The van der Waals surface area contributed by atoms with Gasteiger partial charge in [0.05, 0.1) is 17.5 Å². The molecule has 0 bridgehead atoms. The number of likely N-dealkylation sites (tertiary alicyclic amines) is 1. The zero-order chi connectivity index (χ0) is 33.3. The van der Waals surface area contributed by atoms with E-state index in [1.807, 2.05) is 0 Å². The highest BCUT2D eigenvalue weighted by atomic mass is 19.2. The molecular weight excluding hydrogens is 588 g/mol. The second kappa shape index (κ2) is 13.2.